The second-order valence-corrected chi connectivity index (χ2v) is 5.44. The van der Waals surface area contributed by atoms with Crippen LogP contribution in [0.15, 0.2) is 12.4 Å². The molecule has 2 aliphatic rings. The van der Waals surface area contributed by atoms with Crippen LogP contribution in [0.25, 0.3) is 0 Å². The van der Waals surface area contributed by atoms with Gasteiger partial charge < -0.3 is 9.88 Å². The highest BCUT2D eigenvalue weighted by molar-refractivity contribution is 4.96. The summed E-state index contributed by atoms with van der Waals surface area (Å²) in [5.74, 6) is 3.21. The quantitative estimate of drug-likeness (QED) is 0.836. The number of fused-ring (bicyclic) bond motifs is 2. The number of hydrogen-bond acceptors (Lipinski definition) is 2. The molecule has 0 aliphatic heterocycles. The van der Waals surface area contributed by atoms with Crippen molar-refractivity contribution in [1.29, 1.82) is 0 Å². The Labute approximate surface area is 97.3 Å². The summed E-state index contributed by atoms with van der Waals surface area (Å²) in [5.41, 5.74) is 0. The second kappa shape index (κ2) is 4.21. The topological polar surface area (TPSA) is 29.9 Å². The molecule has 2 bridgehead atoms. The largest absolute Gasteiger partial charge is 0.338 e. The summed E-state index contributed by atoms with van der Waals surface area (Å²) in [5, 5.41) is 3.73. The molecule has 0 saturated heterocycles. The van der Waals surface area contributed by atoms with E-state index in [9.17, 15) is 0 Å². The highest BCUT2D eigenvalue weighted by Gasteiger charge is 2.38. The van der Waals surface area contributed by atoms with Gasteiger partial charge in [0.25, 0.3) is 0 Å². The number of imidazole rings is 1. The van der Waals surface area contributed by atoms with Crippen molar-refractivity contribution in [1.82, 2.24) is 14.9 Å². The van der Waals surface area contributed by atoms with Gasteiger partial charge in [0.15, 0.2) is 0 Å². The lowest BCUT2D eigenvalue weighted by Gasteiger charge is -2.22. The summed E-state index contributed by atoms with van der Waals surface area (Å²) in [4.78, 5) is 4.35. The molecular weight excluding hydrogens is 198 g/mol. The summed E-state index contributed by atoms with van der Waals surface area (Å²) < 4.78 is 2.11. The average molecular weight is 219 g/mol. The lowest BCUT2D eigenvalue weighted by atomic mass is 9.95. The van der Waals surface area contributed by atoms with Crippen molar-refractivity contribution in [2.75, 3.05) is 6.54 Å². The molecule has 3 heteroatoms. The Bertz CT molecular complexity index is 358. The molecule has 0 radical (unpaired) electrons. The van der Waals surface area contributed by atoms with Crippen molar-refractivity contribution >= 4 is 0 Å². The minimum atomic E-state index is 0.805. The summed E-state index contributed by atoms with van der Waals surface area (Å²) >= 11 is 0. The average Bonchev–Trinajstić information content (AvgIpc) is 2.96. The Kier molecular flexibility index (Phi) is 2.72. The normalized spacial score (nSPS) is 32.4. The molecule has 1 aromatic rings. The fraction of sp³-hybridized carbons (Fsp3) is 0.769. The predicted octanol–water partition coefficient (Wildman–Crippen LogP) is 1.74. The number of aromatic nitrogens is 2. The monoisotopic (exact) mass is 219 g/mol. The van der Waals surface area contributed by atoms with Gasteiger partial charge in [0.05, 0.1) is 0 Å². The molecule has 16 heavy (non-hydrogen) atoms. The van der Waals surface area contributed by atoms with E-state index in [4.69, 9.17) is 0 Å². The van der Waals surface area contributed by atoms with Gasteiger partial charge in [0.1, 0.15) is 5.82 Å². The minimum Gasteiger partial charge on any atom is -0.338 e. The highest BCUT2D eigenvalue weighted by atomic mass is 15.0. The van der Waals surface area contributed by atoms with E-state index < -0.39 is 0 Å². The van der Waals surface area contributed by atoms with Crippen molar-refractivity contribution in [2.45, 2.75) is 38.1 Å². The predicted molar refractivity (Wildman–Crippen MR) is 64.2 cm³/mol. The van der Waals surface area contributed by atoms with E-state index >= 15 is 0 Å². The van der Waals surface area contributed by atoms with Crippen LogP contribution >= 0.6 is 0 Å². The third-order valence-electron chi connectivity index (χ3n) is 4.41. The summed E-state index contributed by atoms with van der Waals surface area (Å²) in [6.07, 6.45) is 10.8. The third kappa shape index (κ3) is 1.88. The van der Waals surface area contributed by atoms with Crippen molar-refractivity contribution in [2.24, 2.45) is 18.9 Å². The van der Waals surface area contributed by atoms with E-state index in [0.29, 0.717) is 0 Å². The van der Waals surface area contributed by atoms with Gasteiger partial charge in [-0.1, -0.05) is 6.42 Å². The molecule has 1 N–H and O–H groups in total. The lowest BCUT2D eigenvalue weighted by molar-refractivity contribution is 0.353. The van der Waals surface area contributed by atoms with E-state index in [-0.39, 0.29) is 0 Å². The number of rotatable bonds is 4. The van der Waals surface area contributed by atoms with Crippen molar-refractivity contribution in [3.63, 3.8) is 0 Å². The number of nitrogens with one attached hydrogen (secondary N) is 1. The Morgan fingerprint density at radius 2 is 2.38 bits per heavy atom. The minimum absolute atomic E-state index is 0.805. The van der Waals surface area contributed by atoms with Crippen molar-refractivity contribution in [3.05, 3.63) is 18.2 Å². The van der Waals surface area contributed by atoms with Crippen LogP contribution in [0.3, 0.4) is 0 Å². The molecule has 88 valence electrons. The van der Waals surface area contributed by atoms with Gasteiger partial charge in [-0.25, -0.2) is 4.98 Å². The van der Waals surface area contributed by atoms with Gasteiger partial charge >= 0.3 is 0 Å². The van der Waals surface area contributed by atoms with Crippen LogP contribution in [0, 0.1) is 11.8 Å². The summed E-state index contributed by atoms with van der Waals surface area (Å²) in [6, 6.07) is 0.805. The summed E-state index contributed by atoms with van der Waals surface area (Å²) in [7, 11) is 2.07. The highest BCUT2D eigenvalue weighted by Crippen LogP contribution is 2.44. The number of hydrogen-bond donors (Lipinski definition) is 1. The number of nitrogens with zero attached hydrogens (tertiary/aromatic N) is 2. The van der Waals surface area contributed by atoms with Crippen LogP contribution in [-0.4, -0.2) is 22.1 Å². The first-order chi connectivity index (χ1) is 7.83. The van der Waals surface area contributed by atoms with Gasteiger partial charge in [-0.15, -0.1) is 0 Å². The molecule has 3 rings (SSSR count). The van der Waals surface area contributed by atoms with Gasteiger partial charge in [-0.2, -0.15) is 0 Å². The van der Waals surface area contributed by atoms with Crippen LogP contribution in [0.2, 0.25) is 0 Å². The maximum atomic E-state index is 4.35. The standard InChI is InChI=1S/C13H21N3/c1-16-7-6-15-13(16)4-5-14-12-9-10-2-3-11(12)8-10/h6-7,10-12,14H,2-5,8-9H2,1H3. The first-order valence-electron chi connectivity index (χ1n) is 6.52. The van der Waals surface area contributed by atoms with E-state index in [1.165, 1.54) is 31.5 Å². The van der Waals surface area contributed by atoms with Crippen LogP contribution in [0.1, 0.15) is 31.5 Å². The first-order valence-corrected chi connectivity index (χ1v) is 6.52. The second-order valence-electron chi connectivity index (χ2n) is 5.44. The van der Waals surface area contributed by atoms with Crippen LogP contribution in [0.5, 0.6) is 0 Å². The third-order valence-corrected chi connectivity index (χ3v) is 4.41. The maximum Gasteiger partial charge on any atom is 0.109 e. The van der Waals surface area contributed by atoms with Crippen LogP contribution < -0.4 is 5.32 Å². The van der Waals surface area contributed by atoms with Crippen LogP contribution in [-0.2, 0) is 13.5 Å². The molecule has 0 spiro atoms. The molecule has 0 aromatic carbocycles. The molecule has 2 fully saturated rings. The van der Waals surface area contributed by atoms with Gasteiger partial charge in [0, 0.05) is 38.4 Å². The molecule has 3 atom stereocenters. The molecule has 2 aliphatic carbocycles. The Morgan fingerprint density at radius 1 is 1.44 bits per heavy atom. The fourth-order valence-corrected chi connectivity index (χ4v) is 3.50. The van der Waals surface area contributed by atoms with Crippen LogP contribution in [0.4, 0.5) is 0 Å². The van der Waals surface area contributed by atoms with Gasteiger partial charge in [0.2, 0.25) is 0 Å². The Morgan fingerprint density at radius 3 is 3.00 bits per heavy atom. The smallest absolute Gasteiger partial charge is 0.109 e. The zero-order valence-electron chi connectivity index (χ0n) is 10.0. The molecule has 3 nitrogen and oxygen atoms in total. The first kappa shape index (κ1) is 10.3. The van der Waals surface area contributed by atoms with Crippen molar-refractivity contribution in [3.8, 4) is 0 Å². The summed E-state index contributed by atoms with van der Waals surface area (Å²) in [6.45, 7) is 1.08. The maximum absolute atomic E-state index is 4.35. The zero-order chi connectivity index (χ0) is 11.0. The van der Waals surface area contributed by atoms with E-state index in [1.807, 2.05) is 12.4 Å². The molecule has 3 unspecified atom stereocenters. The molecular formula is C13H21N3. The van der Waals surface area contributed by atoms with Gasteiger partial charge in [-0.3, -0.25) is 0 Å². The molecule has 0 amide bonds. The molecule has 1 aromatic heterocycles. The fourth-order valence-electron chi connectivity index (χ4n) is 3.50. The van der Waals surface area contributed by atoms with E-state index in [0.717, 1.165) is 30.8 Å². The Balaban J connectivity index is 1.46. The Hall–Kier alpha value is -0.830. The molecule has 1 heterocycles. The lowest BCUT2D eigenvalue weighted by Crippen LogP contribution is -2.35. The van der Waals surface area contributed by atoms with E-state index in [1.54, 1.807) is 0 Å². The van der Waals surface area contributed by atoms with Crippen molar-refractivity contribution < 1.29 is 0 Å². The molecule has 2 saturated carbocycles. The number of aryl methyl sites for hydroxylation is 1. The van der Waals surface area contributed by atoms with E-state index in [2.05, 4.69) is 21.9 Å². The SMILES string of the molecule is Cn1ccnc1CCNC1CC2CCC1C2. The zero-order valence-corrected chi connectivity index (χ0v) is 10.0. The van der Waals surface area contributed by atoms with Gasteiger partial charge in [-0.05, 0) is 31.1 Å².